The number of nitrogens with one attached hydrogen (secondary N) is 1. The molecule has 1 aromatic heterocycles. The lowest BCUT2D eigenvalue weighted by Crippen LogP contribution is -2.46. The maximum atomic E-state index is 12.8. The number of carbonyl (C=O) groups is 2. The Hall–Kier alpha value is -4.01. The summed E-state index contributed by atoms with van der Waals surface area (Å²) in [5.74, 6) is -0.924. The fraction of sp³-hybridized carbons (Fsp3) is 0.150. The molecule has 3 aromatic rings. The van der Waals surface area contributed by atoms with E-state index in [0.29, 0.717) is 27.8 Å². The smallest absolute Gasteiger partial charge is 0.269 e. The molecule has 0 aliphatic rings. The van der Waals surface area contributed by atoms with E-state index < -0.39 is 22.8 Å². The Kier molecular flexibility index (Phi) is 5.68. The third-order valence-corrected chi connectivity index (χ3v) is 4.44. The van der Waals surface area contributed by atoms with E-state index >= 15 is 0 Å². The number of nitro benzene ring substituents is 1. The Bertz CT molecular complexity index is 1090. The highest BCUT2D eigenvalue weighted by Gasteiger charge is 2.23. The lowest BCUT2D eigenvalue weighted by molar-refractivity contribution is -0.384. The highest BCUT2D eigenvalue weighted by atomic mass is 16.6. The molecule has 0 bridgehead atoms. The van der Waals surface area contributed by atoms with Gasteiger partial charge in [0.15, 0.2) is 0 Å². The molecule has 1 heterocycles. The molecule has 3 N–H and O–H groups in total. The quantitative estimate of drug-likeness (QED) is 0.464. The van der Waals surface area contributed by atoms with Crippen molar-refractivity contribution in [3.05, 3.63) is 76.0 Å². The second-order valence-corrected chi connectivity index (χ2v) is 6.26. The van der Waals surface area contributed by atoms with E-state index in [2.05, 4.69) is 10.3 Å². The van der Waals surface area contributed by atoms with Crippen molar-refractivity contribution < 1.29 is 19.2 Å². The Morgan fingerprint density at radius 2 is 2.00 bits per heavy atom. The average molecular weight is 394 g/mol. The fourth-order valence-corrected chi connectivity index (χ4v) is 3.01. The first-order valence-corrected chi connectivity index (χ1v) is 8.66. The van der Waals surface area contributed by atoms with Gasteiger partial charge in [-0.1, -0.05) is 18.2 Å². The van der Waals surface area contributed by atoms with Gasteiger partial charge in [0.05, 0.1) is 23.1 Å². The molecule has 0 saturated heterocycles. The zero-order valence-electron chi connectivity index (χ0n) is 15.5. The maximum absolute atomic E-state index is 12.8. The number of benzene rings is 2. The first-order chi connectivity index (χ1) is 13.9. The number of carbonyl (C=O) groups excluding carboxylic acids is 2. The van der Waals surface area contributed by atoms with Crippen LogP contribution in [0.25, 0.3) is 10.9 Å². The molecule has 0 spiro atoms. The molecule has 0 unspecified atom stereocenters. The van der Waals surface area contributed by atoms with Crippen LogP contribution in [0.4, 0.5) is 5.69 Å². The van der Waals surface area contributed by atoms with E-state index in [9.17, 15) is 19.7 Å². The lowest BCUT2D eigenvalue weighted by Gasteiger charge is -2.17. The highest BCUT2D eigenvalue weighted by Crippen LogP contribution is 2.25. The van der Waals surface area contributed by atoms with E-state index in [0.717, 1.165) is 0 Å². The molecule has 2 aromatic carbocycles. The van der Waals surface area contributed by atoms with Crippen LogP contribution in [0.2, 0.25) is 0 Å². The summed E-state index contributed by atoms with van der Waals surface area (Å²) in [6.07, 6.45) is 1.44. The second kappa shape index (κ2) is 8.34. The SMILES string of the molecule is COc1ccc([N+](=O)[O-])cc1C[C@H](NC(=O)c1ccnc2ccccc12)C(N)=O. The van der Waals surface area contributed by atoms with Gasteiger partial charge in [0.1, 0.15) is 11.8 Å². The van der Waals surface area contributed by atoms with Crippen LogP contribution in [0.15, 0.2) is 54.7 Å². The van der Waals surface area contributed by atoms with Crippen LogP contribution in [0.1, 0.15) is 15.9 Å². The van der Waals surface area contributed by atoms with E-state index in [-0.39, 0.29) is 12.1 Å². The van der Waals surface area contributed by atoms with Crippen molar-refractivity contribution in [2.75, 3.05) is 7.11 Å². The number of hydrogen-bond donors (Lipinski definition) is 2. The number of primary amides is 1. The minimum absolute atomic E-state index is 0.0606. The molecule has 0 aliphatic heterocycles. The van der Waals surface area contributed by atoms with Gasteiger partial charge in [0.25, 0.3) is 11.6 Å². The highest BCUT2D eigenvalue weighted by molar-refractivity contribution is 6.07. The predicted molar refractivity (Wildman–Crippen MR) is 106 cm³/mol. The Labute approximate surface area is 165 Å². The van der Waals surface area contributed by atoms with Crippen molar-refractivity contribution in [3.8, 4) is 5.75 Å². The largest absolute Gasteiger partial charge is 0.496 e. The summed E-state index contributed by atoms with van der Waals surface area (Å²) >= 11 is 0. The van der Waals surface area contributed by atoms with Gasteiger partial charge >= 0.3 is 0 Å². The molecule has 0 aliphatic carbocycles. The van der Waals surface area contributed by atoms with Crippen LogP contribution in [0, 0.1) is 10.1 Å². The number of hydrogen-bond acceptors (Lipinski definition) is 6. The summed E-state index contributed by atoms with van der Waals surface area (Å²) in [7, 11) is 1.41. The topological polar surface area (TPSA) is 137 Å². The number of pyridine rings is 1. The first-order valence-electron chi connectivity index (χ1n) is 8.66. The predicted octanol–water partition coefficient (Wildman–Crippen LogP) is 1.98. The van der Waals surface area contributed by atoms with Gasteiger partial charge in [-0.25, -0.2) is 0 Å². The van der Waals surface area contributed by atoms with Gasteiger partial charge in [0.2, 0.25) is 5.91 Å². The molecule has 1 atom stereocenters. The number of aromatic nitrogens is 1. The molecule has 29 heavy (non-hydrogen) atoms. The van der Waals surface area contributed by atoms with E-state index in [1.165, 1.54) is 31.5 Å². The van der Waals surface area contributed by atoms with Gasteiger partial charge in [-0.15, -0.1) is 0 Å². The van der Waals surface area contributed by atoms with Gasteiger partial charge in [-0.2, -0.15) is 0 Å². The molecule has 148 valence electrons. The number of nitrogens with two attached hydrogens (primary N) is 1. The monoisotopic (exact) mass is 394 g/mol. The van der Waals surface area contributed by atoms with Crippen LogP contribution >= 0.6 is 0 Å². The summed E-state index contributed by atoms with van der Waals surface area (Å²) in [6.45, 7) is 0. The van der Waals surface area contributed by atoms with Crippen molar-refractivity contribution in [3.63, 3.8) is 0 Å². The van der Waals surface area contributed by atoms with Crippen molar-refractivity contribution in [1.82, 2.24) is 10.3 Å². The molecule has 0 saturated carbocycles. The van der Waals surface area contributed by atoms with Crippen LogP contribution in [0.5, 0.6) is 5.75 Å². The molecule has 9 nitrogen and oxygen atoms in total. The average Bonchev–Trinajstić information content (AvgIpc) is 2.72. The van der Waals surface area contributed by atoms with Gasteiger partial charge in [0, 0.05) is 35.7 Å². The fourth-order valence-electron chi connectivity index (χ4n) is 3.01. The molecule has 2 amide bonds. The Morgan fingerprint density at radius 1 is 1.24 bits per heavy atom. The molecule has 0 radical (unpaired) electrons. The summed E-state index contributed by atoms with van der Waals surface area (Å²) in [5, 5.41) is 14.3. The van der Waals surface area contributed by atoms with E-state index in [1.807, 2.05) is 0 Å². The minimum Gasteiger partial charge on any atom is -0.496 e. The van der Waals surface area contributed by atoms with Crippen LogP contribution in [0.3, 0.4) is 0 Å². The first kappa shape index (κ1) is 19.7. The summed E-state index contributed by atoms with van der Waals surface area (Å²) in [5.41, 5.74) is 6.67. The Morgan fingerprint density at radius 3 is 2.69 bits per heavy atom. The minimum atomic E-state index is -1.09. The molecule has 3 rings (SSSR count). The Balaban J connectivity index is 1.89. The van der Waals surface area contributed by atoms with Crippen molar-refractivity contribution >= 4 is 28.4 Å². The number of fused-ring (bicyclic) bond motifs is 1. The van der Waals surface area contributed by atoms with Crippen molar-refractivity contribution in [1.29, 1.82) is 0 Å². The number of non-ortho nitro benzene ring substituents is 1. The number of para-hydroxylation sites is 1. The number of ether oxygens (including phenoxy) is 1. The molecular formula is C20H18N4O5. The van der Waals surface area contributed by atoms with Crippen LogP contribution in [-0.2, 0) is 11.2 Å². The summed E-state index contributed by atoms with van der Waals surface area (Å²) in [6, 6.07) is 11.6. The maximum Gasteiger partial charge on any atom is 0.269 e. The number of nitrogens with zero attached hydrogens (tertiary/aromatic N) is 2. The molecule has 9 heteroatoms. The summed E-state index contributed by atoms with van der Waals surface area (Å²) < 4.78 is 5.21. The van der Waals surface area contributed by atoms with Gasteiger partial charge in [-0.05, 0) is 18.2 Å². The number of methoxy groups -OCH3 is 1. The number of nitro groups is 1. The van der Waals surface area contributed by atoms with E-state index in [1.54, 1.807) is 30.3 Å². The summed E-state index contributed by atoms with van der Waals surface area (Å²) in [4.78, 5) is 39.5. The van der Waals surface area contributed by atoms with Crippen molar-refractivity contribution in [2.45, 2.75) is 12.5 Å². The second-order valence-electron chi connectivity index (χ2n) is 6.26. The van der Waals surface area contributed by atoms with Crippen LogP contribution < -0.4 is 15.8 Å². The van der Waals surface area contributed by atoms with Crippen LogP contribution in [-0.4, -0.2) is 34.9 Å². The van der Waals surface area contributed by atoms with Gasteiger partial charge in [-0.3, -0.25) is 24.7 Å². The number of amides is 2. The molecular weight excluding hydrogens is 376 g/mol. The normalized spacial score (nSPS) is 11.6. The molecule has 0 fully saturated rings. The standard InChI is InChI=1S/C20H18N4O5/c1-29-18-7-6-13(24(27)28)10-12(18)11-17(19(21)25)23-20(26)15-8-9-22-16-5-3-2-4-14(15)16/h2-10,17H,11H2,1H3,(H2,21,25)(H,23,26)/t17-/m0/s1. The third-order valence-electron chi connectivity index (χ3n) is 4.44. The lowest BCUT2D eigenvalue weighted by atomic mass is 10.0. The number of rotatable bonds is 7. The zero-order chi connectivity index (χ0) is 21.0. The van der Waals surface area contributed by atoms with Crippen molar-refractivity contribution in [2.24, 2.45) is 5.73 Å². The van der Waals surface area contributed by atoms with Gasteiger partial charge < -0.3 is 15.8 Å². The third kappa shape index (κ3) is 4.29. The zero-order valence-corrected chi connectivity index (χ0v) is 15.5. The van der Waals surface area contributed by atoms with E-state index in [4.69, 9.17) is 10.5 Å².